The third-order valence-electron chi connectivity index (χ3n) is 6.94. The van der Waals surface area contributed by atoms with Crippen LogP contribution >= 0.6 is 9.24 Å². The van der Waals surface area contributed by atoms with Crippen molar-refractivity contribution in [3.63, 3.8) is 0 Å². The average molecular weight is 462 g/mol. The first-order valence-corrected chi connectivity index (χ1v) is 12.1. The van der Waals surface area contributed by atoms with Crippen LogP contribution < -0.4 is 9.47 Å². The second-order valence-electron chi connectivity index (χ2n) is 9.73. The molecule has 0 N–H and O–H groups in total. The van der Waals surface area contributed by atoms with Gasteiger partial charge in [0.05, 0.1) is 13.2 Å². The molecular weight excluding hydrogens is 427 g/mol. The third kappa shape index (κ3) is 5.61. The van der Waals surface area contributed by atoms with Gasteiger partial charge in [0.15, 0.2) is 11.5 Å². The second-order valence-corrected chi connectivity index (χ2v) is 10.6. The van der Waals surface area contributed by atoms with E-state index in [4.69, 9.17) is 9.47 Å². The molecular formula is C26H34F2NO2P. The molecule has 3 atom stereocenters. The van der Waals surface area contributed by atoms with Crippen LogP contribution in [0.2, 0.25) is 0 Å². The van der Waals surface area contributed by atoms with E-state index in [1.54, 1.807) is 16.3 Å². The van der Waals surface area contributed by atoms with E-state index in [-0.39, 0.29) is 18.4 Å². The van der Waals surface area contributed by atoms with Gasteiger partial charge in [-0.25, -0.2) is 8.78 Å². The van der Waals surface area contributed by atoms with Gasteiger partial charge in [-0.2, -0.15) is 0 Å². The molecule has 2 fully saturated rings. The van der Waals surface area contributed by atoms with Crippen LogP contribution in [-0.2, 0) is 6.54 Å². The fraction of sp³-hybridized carbons (Fsp3) is 0.538. The lowest BCUT2D eigenvalue weighted by Crippen LogP contribution is -2.31. The number of benzene rings is 2. The zero-order chi connectivity index (χ0) is 22.8. The highest BCUT2D eigenvalue weighted by atomic mass is 31.0. The molecule has 1 saturated carbocycles. The summed E-state index contributed by atoms with van der Waals surface area (Å²) in [5.74, 6) is 1.42. The van der Waals surface area contributed by atoms with E-state index in [0.29, 0.717) is 12.3 Å². The first-order valence-electron chi connectivity index (χ1n) is 11.5. The second kappa shape index (κ2) is 9.65. The summed E-state index contributed by atoms with van der Waals surface area (Å²) in [4.78, 5) is 2.30. The van der Waals surface area contributed by atoms with Crippen molar-refractivity contribution < 1.29 is 18.3 Å². The first-order chi connectivity index (χ1) is 15.3. The summed E-state index contributed by atoms with van der Waals surface area (Å²) in [6.45, 7) is 4.13. The topological polar surface area (TPSA) is 21.7 Å². The van der Waals surface area contributed by atoms with Gasteiger partial charge < -0.3 is 9.47 Å². The minimum absolute atomic E-state index is 0.0190. The van der Waals surface area contributed by atoms with Crippen LogP contribution in [0.3, 0.4) is 0 Å². The molecule has 0 bridgehead atoms. The zero-order valence-corrected chi connectivity index (χ0v) is 20.2. The Morgan fingerprint density at radius 1 is 1.09 bits per heavy atom. The molecule has 3 nitrogen and oxygen atoms in total. The summed E-state index contributed by atoms with van der Waals surface area (Å²) in [7, 11) is 3.38. The van der Waals surface area contributed by atoms with E-state index in [0.717, 1.165) is 37.2 Å². The van der Waals surface area contributed by atoms with Crippen molar-refractivity contribution in [2.75, 3.05) is 20.2 Å². The van der Waals surface area contributed by atoms with Crippen molar-refractivity contribution in [1.82, 2.24) is 4.90 Å². The third-order valence-corrected chi connectivity index (χ3v) is 7.15. The monoisotopic (exact) mass is 461 g/mol. The Bertz CT molecular complexity index is 898. The number of rotatable bonds is 8. The molecule has 1 aliphatic heterocycles. The first kappa shape index (κ1) is 23.4. The van der Waals surface area contributed by atoms with Crippen molar-refractivity contribution in [1.29, 1.82) is 0 Å². The highest BCUT2D eigenvalue weighted by molar-refractivity contribution is 7.18. The molecule has 1 saturated heterocycles. The van der Waals surface area contributed by atoms with Gasteiger partial charge in [0, 0.05) is 32.0 Å². The summed E-state index contributed by atoms with van der Waals surface area (Å²) < 4.78 is 40.3. The smallest absolute Gasteiger partial charge is 0.259 e. The number of halogens is 2. The van der Waals surface area contributed by atoms with E-state index in [9.17, 15) is 8.78 Å². The number of methoxy groups -OCH3 is 1. The SMILES string of the molecule is COc1ccc([C@@H]2CN(Cc3ccccc3)C[C@@]2(C)CC(F)(F)P)cc1OC1CCCC1. The summed E-state index contributed by atoms with van der Waals surface area (Å²) in [6.07, 6.45) is 4.51. The summed E-state index contributed by atoms with van der Waals surface area (Å²) >= 11 is 0. The number of nitrogens with zero attached hydrogens (tertiary/aromatic N) is 1. The highest BCUT2D eigenvalue weighted by Gasteiger charge is 2.48. The van der Waals surface area contributed by atoms with Crippen LogP contribution in [0.15, 0.2) is 48.5 Å². The number of hydrogen-bond donors (Lipinski definition) is 0. The Morgan fingerprint density at radius 3 is 2.47 bits per heavy atom. The summed E-state index contributed by atoms with van der Waals surface area (Å²) in [5.41, 5.74) is -1.11. The van der Waals surface area contributed by atoms with Crippen LogP contribution in [0.4, 0.5) is 8.78 Å². The largest absolute Gasteiger partial charge is 0.493 e. The Balaban J connectivity index is 1.62. The van der Waals surface area contributed by atoms with Crippen molar-refractivity contribution in [2.45, 2.75) is 63.3 Å². The van der Waals surface area contributed by atoms with Crippen LogP contribution in [0, 0.1) is 5.41 Å². The van der Waals surface area contributed by atoms with Gasteiger partial charge in [0.1, 0.15) is 0 Å². The Kier molecular flexibility index (Phi) is 7.07. The van der Waals surface area contributed by atoms with Crippen molar-refractivity contribution in [3.05, 3.63) is 59.7 Å². The van der Waals surface area contributed by atoms with E-state index in [1.807, 2.05) is 43.3 Å². The summed E-state index contributed by atoms with van der Waals surface area (Å²) in [5, 5.41) is 0. The minimum Gasteiger partial charge on any atom is -0.493 e. The Labute approximate surface area is 192 Å². The van der Waals surface area contributed by atoms with Crippen LogP contribution in [-0.4, -0.2) is 36.9 Å². The quantitative estimate of drug-likeness (QED) is 0.420. The Hall–Kier alpha value is -1.71. The maximum Gasteiger partial charge on any atom is 0.259 e. The fourth-order valence-corrected chi connectivity index (χ4v) is 6.01. The lowest BCUT2D eigenvalue weighted by molar-refractivity contribution is 0.0414. The van der Waals surface area contributed by atoms with Crippen LogP contribution in [0.5, 0.6) is 11.5 Å². The van der Waals surface area contributed by atoms with Crippen molar-refractivity contribution in [3.8, 4) is 11.5 Å². The molecule has 0 amide bonds. The van der Waals surface area contributed by atoms with E-state index >= 15 is 0 Å². The normalized spacial score (nSPS) is 24.7. The molecule has 1 unspecified atom stereocenters. The lowest BCUT2D eigenvalue weighted by atomic mass is 9.73. The Morgan fingerprint density at radius 2 is 1.81 bits per heavy atom. The van der Waals surface area contributed by atoms with E-state index < -0.39 is 11.1 Å². The average Bonchev–Trinajstić information content (AvgIpc) is 3.35. The van der Waals surface area contributed by atoms with Gasteiger partial charge in [0.25, 0.3) is 5.66 Å². The van der Waals surface area contributed by atoms with Gasteiger partial charge in [-0.15, -0.1) is 0 Å². The highest BCUT2D eigenvalue weighted by Crippen LogP contribution is 2.51. The zero-order valence-electron chi connectivity index (χ0n) is 19.0. The molecule has 0 radical (unpaired) electrons. The molecule has 2 aromatic rings. The number of ether oxygens (including phenoxy) is 2. The van der Waals surface area contributed by atoms with Crippen molar-refractivity contribution >= 4 is 9.24 Å². The van der Waals surface area contributed by atoms with Gasteiger partial charge in [-0.3, -0.25) is 4.90 Å². The molecule has 6 heteroatoms. The number of hydrogen-bond acceptors (Lipinski definition) is 3. The maximum atomic E-state index is 14.2. The molecule has 1 aliphatic carbocycles. The molecule has 2 aliphatic rings. The number of likely N-dealkylation sites (tertiary alicyclic amines) is 1. The van der Waals surface area contributed by atoms with Gasteiger partial charge in [-0.1, -0.05) is 52.6 Å². The molecule has 174 valence electrons. The molecule has 2 aromatic carbocycles. The molecule has 1 heterocycles. The van der Waals surface area contributed by atoms with Gasteiger partial charge in [-0.05, 0) is 54.4 Å². The predicted molar refractivity (Wildman–Crippen MR) is 128 cm³/mol. The van der Waals surface area contributed by atoms with Gasteiger partial charge in [0.2, 0.25) is 0 Å². The molecule has 32 heavy (non-hydrogen) atoms. The molecule has 0 aromatic heterocycles. The van der Waals surface area contributed by atoms with E-state index in [1.165, 1.54) is 18.4 Å². The molecule has 4 rings (SSSR count). The van der Waals surface area contributed by atoms with Crippen LogP contribution in [0.25, 0.3) is 0 Å². The maximum absolute atomic E-state index is 14.2. The number of alkyl halides is 2. The standard InChI is InChI=1S/C26H34F2NO2P/c1-25(17-26(27,28)32)18-29(15-19-8-4-3-5-9-19)16-22(25)20-12-13-23(30-2)24(14-20)31-21-10-6-7-11-21/h3-5,8-9,12-14,21-22H,6-7,10-11,15-18,32H2,1-2H3/t22-,25+/m0/s1. The predicted octanol–water partition coefficient (Wildman–Crippen LogP) is 6.48. The van der Waals surface area contributed by atoms with E-state index in [2.05, 4.69) is 17.0 Å². The molecule has 0 spiro atoms. The van der Waals surface area contributed by atoms with Crippen molar-refractivity contribution in [2.24, 2.45) is 5.41 Å². The summed E-state index contributed by atoms with van der Waals surface area (Å²) in [6, 6.07) is 16.2. The minimum atomic E-state index is -2.80. The van der Waals surface area contributed by atoms with Gasteiger partial charge >= 0.3 is 0 Å². The lowest BCUT2D eigenvalue weighted by Gasteiger charge is -2.33. The van der Waals surface area contributed by atoms with Crippen LogP contribution in [0.1, 0.15) is 56.1 Å². The fourth-order valence-electron chi connectivity index (χ4n) is 5.54.